The molecule has 1 aromatic heterocycles. The molecule has 1 heterocycles. The number of ketones is 2. The lowest BCUT2D eigenvalue weighted by atomic mass is 9.45. The van der Waals surface area contributed by atoms with Gasteiger partial charge in [0.25, 0.3) is 5.09 Å². The Morgan fingerprint density at radius 2 is 1.93 bits per heavy atom. The molecule has 0 bridgehead atoms. The molecule has 0 radical (unpaired) electrons. The highest BCUT2D eigenvalue weighted by atomic mass is 16.9. The highest BCUT2D eigenvalue weighted by molar-refractivity contribution is 5.92. The van der Waals surface area contributed by atoms with Crippen LogP contribution in [0, 0.1) is 38.7 Å². The molecule has 3 saturated carbocycles. The van der Waals surface area contributed by atoms with Crippen LogP contribution in [0.4, 0.5) is 0 Å². The van der Waals surface area contributed by atoms with E-state index in [-0.39, 0.29) is 60.5 Å². The van der Waals surface area contributed by atoms with Crippen LogP contribution in [-0.4, -0.2) is 56.1 Å². The molecule has 0 spiro atoms. The molecule has 7 atom stereocenters. The minimum atomic E-state index is -1.73. The van der Waals surface area contributed by atoms with E-state index >= 15 is 0 Å². The summed E-state index contributed by atoms with van der Waals surface area (Å²) < 4.78 is 5.25. The second-order valence-corrected chi connectivity index (χ2v) is 12.4. The number of aliphatic hydroxyl groups is 2. The van der Waals surface area contributed by atoms with Crippen LogP contribution in [0.1, 0.15) is 70.2 Å². The number of pyridine rings is 1. The van der Waals surface area contributed by atoms with Gasteiger partial charge >= 0.3 is 5.97 Å². The molecule has 2 N–H and O–H groups in total. The van der Waals surface area contributed by atoms with Crippen molar-refractivity contribution in [2.24, 2.45) is 28.6 Å². The van der Waals surface area contributed by atoms with E-state index in [1.165, 1.54) is 6.07 Å². The van der Waals surface area contributed by atoms with Gasteiger partial charge < -0.3 is 19.8 Å². The fourth-order valence-electron chi connectivity index (χ4n) is 8.44. The molecule has 3 fully saturated rings. The number of hydrogen-bond donors (Lipinski definition) is 2. The van der Waals surface area contributed by atoms with Crippen LogP contribution in [0.15, 0.2) is 29.8 Å². The Balaban J connectivity index is 1.25. The zero-order chi connectivity index (χ0) is 28.9. The summed E-state index contributed by atoms with van der Waals surface area (Å²) >= 11 is 0. The first kappa shape index (κ1) is 28.4. The topological polar surface area (TPSA) is 166 Å². The van der Waals surface area contributed by atoms with Crippen molar-refractivity contribution >= 4 is 17.5 Å². The molecular formula is C29H36N2O9. The van der Waals surface area contributed by atoms with Crippen LogP contribution in [0.25, 0.3) is 0 Å². The Morgan fingerprint density at radius 1 is 1.18 bits per heavy atom. The number of esters is 1. The molecular weight excluding hydrogens is 520 g/mol. The number of fused-ring (bicyclic) bond motifs is 5. The molecule has 0 aromatic carbocycles. The Hall–Kier alpha value is -3.18. The van der Waals surface area contributed by atoms with Gasteiger partial charge in [0.05, 0.1) is 23.9 Å². The highest BCUT2D eigenvalue weighted by Gasteiger charge is 2.68. The number of nitrogens with zero attached hydrogens (tertiary/aromatic N) is 2. The number of hydrogen-bond acceptors (Lipinski definition) is 10. The number of aromatic nitrogens is 1. The highest BCUT2D eigenvalue weighted by Crippen LogP contribution is 2.67. The number of allylic oxidation sites excluding steroid dienone is 1. The normalized spacial score (nSPS) is 36.5. The Morgan fingerprint density at radius 3 is 2.67 bits per heavy atom. The van der Waals surface area contributed by atoms with Crippen molar-refractivity contribution in [1.82, 2.24) is 4.98 Å². The molecule has 4 aliphatic carbocycles. The fraction of sp³-hybridized carbons (Fsp3) is 0.655. The summed E-state index contributed by atoms with van der Waals surface area (Å²) in [6.07, 6.45) is 4.68. The lowest BCUT2D eigenvalue weighted by molar-refractivity contribution is -0.763. The zero-order valence-corrected chi connectivity index (χ0v) is 22.8. The van der Waals surface area contributed by atoms with Gasteiger partial charge in [-0.3, -0.25) is 19.4 Å². The average Bonchev–Trinajstić information content (AvgIpc) is 3.17. The van der Waals surface area contributed by atoms with E-state index in [1.807, 2.05) is 6.92 Å². The number of Topliss-reactive ketones (excluding diaryl/α,β-unsaturated/α-hetero) is 1. The number of carbonyl (C=O) groups excluding carboxylic acids is 3. The molecule has 11 heteroatoms. The summed E-state index contributed by atoms with van der Waals surface area (Å²) in [4.78, 5) is 56.9. The summed E-state index contributed by atoms with van der Waals surface area (Å²) in [5, 5.41) is 32.8. The molecule has 5 rings (SSSR count). The molecule has 1 aromatic rings. The quantitative estimate of drug-likeness (QED) is 0.276. The van der Waals surface area contributed by atoms with Gasteiger partial charge in [-0.1, -0.05) is 25.5 Å². The van der Waals surface area contributed by atoms with Gasteiger partial charge in [0.2, 0.25) is 5.78 Å². The van der Waals surface area contributed by atoms with E-state index in [0.29, 0.717) is 25.0 Å². The lowest BCUT2D eigenvalue weighted by Crippen LogP contribution is -2.62. The van der Waals surface area contributed by atoms with Crippen molar-refractivity contribution in [3.8, 4) is 0 Å². The van der Waals surface area contributed by atoms with Crippen LogP contribution in [0.2, 0.25) is 0 Å². The minimum absolute atomic E-state index is 0.0230. The van der Waals surface area contributed by atoms with Crippen LogP contribution in [-0.2, 0) is 37.0 Å². The Kier molecular flexibility index (Phi) is 7.33. The Bertz CT molecular complexity index is 1260. The van der Waals surface area contributed by atoms with E-state index in [9.17, 15) is 34.7 Å². The first-order valence-corrected chi connectivity index (χ1v) is 13.9. The average molecular weight is 557 g/mol. The van der Waals surface area contributed by atoms with Crippen LogP contribution in [0.5, 0.6) is 0 Å². The van der Waals surface area contributed by atoms with E-state index in [4.69, 9.17) is 4.74 Å². The standard InChI is InChI=1S/C29H36N2O9/c1-27-10-8-20(32)12-17(27)6-7-21-22-9-11-29(36,28(22,2)14-23(33)26(21)27)24(34)16-39-25(35)13-18-4-3-5-19(30-18)15-40-31(37)38/h3-5,12,21-23,26,33,36H,6-11,13-16H2,1-2H3/t21-,22-,23-,26+,27-,28-,29-/m0/s1. The second kappa shape index (κ2) is 10.3. The smallest absolute Gasteiger partial charge is 0.312 e. The van der Waals surface area contributed by atoms with E-state index in [0.717, 1.165) is 18.4 Å². The summed E-state index contributed by atoms with van der Waals surface area (Å²) in [5.41, 5.74) is -1.18. The van der Waals surface area contributed by atoms with Crippen LogP contribution in [0.3, 0.4) is 0 Å². The van der Waals surface area contributed by atoms with Gasteiger partial charge in [0.15, 0.2) is 12.4 Å². The minimum Gasteiger partial charge on any atom is -0.457 e. The predicted octanol–water partition coefficient (Wildman–Crippen LogP) is 2.68. The van der Waals surface area contributed by atoms with Crippen molar-refractivity contribution in [3.63, 3.8) is 0 Å². The molecule has 0 amide bonds. The van der Waals surface area contributed by atoms with Gasteiger partial charge in [0, 0.05) is 11.8 Å². The molecule has 216 valence electrons. The number of carbonyl (C=O) groups is 3. The summed E-state index contributed by atoms with van der Waals surface area (Å²) in [6, 6.07) is 4.66. The van der Waals surface area contributed by atoms with Crippen LogP contribution >= 0.6 is 0 Å². The maximum absolute atomic E-state index is 13.4. The first-order chi connectivity index (χ1) is 18.9. The fourth-order valence-corrected chi connectivity index (χ4v) is 8.44. The second-order valence-electron chi connectivity index (χ2n) is 12.4. The van der Waals surface area contributed by atoms with E-state index in [1.54, 1.807) is 18.2 Å². The van der Waals surface area contributed by atoms with Crippen molar-refractivity contribution in [3.05, 3.63) is 51.4 Å². The SMILES string of the molecule is C[C@]12CCC(=O)C=C1CC[C@@H]1[C@@H]2[C@@H](O)C[C@@]2(C)[C@H]1CC[C@]2(O)C(=O)COC(=O)Cc1cccc(CO[N+](=O)[O-])n1. The van der Waals surface area contributed by atoms with Gasteiger partial charge in [-0.05, 0) is 79.9 Å². The lowest BCUT2D eigenvalue weighted by Gasteiger charge is -2.60. The molecule has 0 aliphatic heterocycles. The van der Waals surface area contributed by atoms with Crippen molar-refractivity contribution < 1.29 is 39.3 Å². The monoisotopic (exact) mass is 556 g/mol. The van der Waals surface area contributed by atoms with Crippen molar-refractivity contribution in [2.75, 3.05) is 6.61 Å². The van der Waals surface area contributed by atoms with E-state index in [2.05, 4.69) is 16.7 Å². The van der Waals surface area contributed by atoms with Gasteiger partial charge in [0.1, 0.15) is 12.2 Å². The molecule has 0 saturated heterocycles. The maximum Gasteiger partial charge on any atom is 0.312 e. The largest absolute Gasteiger partial charge is 0.457 e. The van der Waals surface area contributed by atoms with Crippen molar-refractivity contribution in [1.29, 1.82) is 0 Å². The van der Waals surface area contributed by atoms with Gasteiger partial charge in [-0.25, -0.2) is 0 Å². The third kappa shape index (κ3) is 4.72. The number of ether oxygens (including phenoxy) is 1. The first-order valence-electron chi connectivity index (χ1n) is 13.9. The van der Waals surface area contributed by atoms with Gasteiger partial charge in [-0.15, -0.1) is 10.1 Å². The summed E-state index contributed by atoms with van der Waals surface area (Å²) in [7, 11) is 0. The molecule has 40 heavy (non-hydrogen) atoms. The Labute approximate surface area is 232 Å². The molecule has 4 aliphatic rings. The number of aliphatic hydroxyl groups excluding tert-OH is 1. The summed E-state index contributed by atoms with van der Waals surface area (Å²) in [6.45, 7) is 3.08. The van der Waals surface area contributed by atoms with Gasteiger partial charge in [-0.2, -0.15) is 0 Å². The predicted molar refractivity (Wildman–Crippen MR) is 139 cm³/mol. The third-order valence-electron chi connectivity index (χ3n) is 10.4. The van der Waals surface area contributed by atoms with Crippen LogP contribution < -0.4 is 0 Å². The molecule has 0 unspecified atom stereocenters. The van der Waals surface area contributed by atoms with Crippen molar-refractivity contribution in [2.45, 2.75) is 83.5 Å². The maximum atomic E-state index is 13.4. The summed E-state index contributed by atoms with van der Waals surface area (Å²) in [5.74, 6) is -1.05. The number of rotatable bonds is 8. The molecule has 11 nitrogen and oxygen atoms in total. The van der Waals surface area contributed by atoms with E-state index < -0.39 is 40.6 Å². The zero-order valence-electron chi connectivity index (χ0n) is 22.8. The third-order valence-corrected chi connectivity index (χ3v) is 10.4.